The van der Waals surface area contributed by atoms with Crippen molar-refractivity contribution in [3.8, 4) is 27.6 Å². The fraction of sp³-hybridized carbons (Fsp3) is 0.136. The number of aromatic nitrogens is 3. The molecule has 0 atom stereocenters. The maximum atomic E-state index is 12.6. The largest absolute Gasteiger partial charge is 0.497 e. The first kappa shape index (κ1) is 20.1. The molecule has 2 heterocycles. The molecule has 0 spiro atoms. The minimum Gasteiger partial charge on any atom is -0.497 e. The van der Waals surface area contributed by atoms with E-state index in [4.69, 9.17) is 16.3 Å². The number of nitrogens with zero attached hydrogens (tertiary/aromatic N) is 2. The second kappa shape index (κ2) is 8.69. The molecule has 0 saturated carbocycles. The summed E-state index contributed by atoms with van der Waals surface area (Å²) in [6.07, 6.45) is 0. The van der Waals surface area contributed by atoms with Crippen molar-refractivity contribution < 1.29 is 9.53 Å². The summed E-state index contributed by atoms with van der Waals surface area (Å²) >= 11 is 7.80. The van der Waals surface area contributed by atoms with Gasteiger partial charge in [0.2, 0.25) is 0 Å². The molecule has 0 aliphatic rings. The van der Waals surface area contributed by atoms with Crippen LogP contribution >= 0.6 is 22.9 Å². The van der Waals surface area contributed by atoms with Gasteiger partial charge in [0.15, 0.2) is 0 Å². The molecular formula is C22H19ClN4O2S. The quantitative estimate of drug-likeness (QED) is 0.439. The van der Waals surface area contributed by atoms with Crippen molar-refractivity contribution in [2.24, 2.45) is 0 Å². The summed E-state index contributed by atoms with van der Waals surface area (Å²) in [4.78, 5) is 18.2. The van der Waals surface area contributed by atoms with Gasteiger partial charge in [-0.2, -0.15) is 5.10 Å². The van der Waals surface area contributed by atoms with Gasteiger partial charge >= 0.3 is 0 Å². The van der Waals surface area contributed by atoms with E-state index in [9.17, 15) is 4.79 Å². The first-order valence-corrected chi connectivity index (χ1v) is 10.4. The third kappa shape index (κ3) is 4.22. The maximum absolute atomic E-state index is 12.6. The Kier molecular flexibility index (Phi) is 5.83. The van der Waals surface area contributed by atoms with Gasteiger partial charge in [0.1, 0.15) is 16.5 Å². The molecule has 4 rings (SSSR count). The lowest BCUT2D eigenvalue weighted by molar-refractivity contribution is 0.0946. The molecule has 1 amide bonds. The Balaban J connectivity index is 1.46. The predicted octanol–water partition coefficient (Wildman–Crippen LogP) is 5.10. The molecule has 6 nitrogen and oxygen atoms in total. The lowest BCUT2D eigenvalue weighted by Crippen LogP contribution is -2.23. The van der Waals surface area contributed by atoms with Crippen molar-refractivity contribution in [1.82, 2.24) is 20.5 Å². The Morgan fingerprint density at radius 1 is 1.20 bits per heavy atom. The van der Waals surface area contributed by atoms with Crippen molar-refractivity contribution in [3.05, 3.63) is 75.9 Å². The molecule has 0 saturated heterocycles. The van der Waals surface area contributed by atoms with E-state index >= 15 is 0 Å². The molecule has 0 radical (unpaired) electrons. The van der Waals surface area contributed by atoms with Gasteiger partial charge in [0.25, 0.3) is 5.91 Å². The van der Waals surface area contributed by atoms with E-state index in [1.807, 2.05) is 55.5 Å². The second-order valence-electron chi connectivity index (χ2n) is 6.59. The highest BCUT2D eigenvalue weighted by atomic mass is 35.5. The van der Waals surface area contributed by atoms with Crippen LogP contribution in [0.5, 0.6) is 5.75 Å². The summed E-state index contributed by atoms with van der Waals surface area (Å²) in [7, 11) is 1.61. The molecule has 0 bridgehead atoms. The van der Waals surface area contributed by atoms with Crippen molar-refractivity contribution in [1.29, 1.82) is 0 Å². The Morgan fingerprint density at radius 2 is 2.03 bits per heavy atom. The molecule has 2 aromatic heterocycles. The molecule has 2 N–H and O–H groups in total. The van der Waals surface area contributed by atoms with E-state index < -0.39 is 0 Å². The number of halogens is 1. The maximum Gasteiger partial charge on any atom is 0.269 e. The zero-order chi connectivity index (χ0) is 21.1. The number of carbonyl (C=O) groups excluding carboxylic acids is 1. The molecule has 0 aliphatic heterocycles. The van der Waals surface area contributed by atoms with E-state index in [1.165, 1.54) is 11.3 Å². The predicted molar refractivity (Wildman–Crippen MR) is 119 cm³/mol. The van der Waals surface area contributed by atoms with Gasteiger partial charge in [-0.1, -0.05) is 41.9 Å². The van der Waals surface area contributed by atoms with E-state index in [0.717, 1.165) is 32.5 Å². The number of nitrogens with one attached hydrogen (secondary N) is 2. The summed E-state index contributed by atoms with van der Waals surface area (Å²) in [6, 6.07) is 16.8. The smallest absolute Gasteiger partial charge is 0.269 e. The van der Waals surface area contributed by atoms with Crippen molar-refractivity contribution in [2.75, 3.05) is 7.11 Å². The number of H-pyrrole nitrogens is 1. The first-order valence-electron chi connectivity index (χ1n) is 9.24. The Labute approximate surface area is 182 Å². The van der Waals surface area contributed by atoms with E-state index in [-0.39, 0.29) is 5.91 Å². The molecule has 4 aromatic rings. The Bertz CT molecular complexity index is 1200. The van der Waals surface area contributed by atoms with Crippen molar-refractivity contribution >= 4 is 28.8 Å². The number of thiazole rings is 1. The lowest BCUT2D eigenvalue weighted by atomic mass is 10.1. The minimum atomic E-state index is -0.233. The third-order valence-corrected chi connectivity index (χ3v) is 6.11. The van der Waals surface area contributed by atoms with Crippen molar-refractivity contribution in [3.63, 3.8) is 0 Å². The standard InChI is InChI=1S/C22H19ClN4O2S/c1-13-20(30-22(25-13)16-8-3-4-9-17(16)23)12-24-21(28)19-11-18(26-27-19)14-6-5-7-15(10-14)29-2/h3-11H,12H2,1-2H3,(H,24,28)(H,26,27). The van der Waals surface area contributed by atoms with Gasteiger partial charge in [-0.15, -0.1) is 11.3 Å². The zero-order valence-corrected chi connectivity index (χ0v) is 18.0. The number of amides is 1. The van der Waals surface area contributed by atoms with Gasteiger partial charge in [-0.25, -0.2) is 4.98 Å². The average Bonchev–Trinajstić information content (AvgIpc) is 3.40. The summed E-state index contributed by atoms with van der Waals surface area (Å²) in [5, 5.41) is 11.5. The van der Waals surface area contributed by atoms with Crippen LogP contribution in [0.15, 0.2) is 54.6 Å². The number of aromatic amines is 1. The first-order chi connectivity index (χ1) is 14.5. The number of hydrogen-bond acceptors (Lipinski definition) is 5. The number of ether oxygens (including phenoxy) is 1. The molecule has 0 unspecified atom stereocenters. The highest BCUT2D eigenvalue weighted by molar-refractivity contribution is 7.15. The molecular weight excluding hydrogens is 420 g/mol. The minimum absolute atomic E-state index is 0.233. The number of rotatable bonds is 6. The third-order valence-electron chi connectivity index (χ3n) is 4.59. The van der Waals surface area contributed by atoms with Gasteiger partial charge in [0.05, 0.1) is 30.1 Å². The van der Waals surface area contributed by atoms with Crippen LogP contribution in [0.4, 0.5) is 0 Å². The van der Waals surface area contributed by atoms with Crippen LogP contribution in [-0.2, 0) is 6.54 Å². The molecule has 0 aliphatic carbocycles. The fourth-order valence-electron chi connectivity index (χ4n) is 2.97. The fourth-order valence-corrected chi connectivity index (χ4v) is 4.29. The normalized spacial score (nSPS) is 10.8. The molecule has 2 aromatic carbocycles. The van der Waals surface area contributed by atoms with Gasteiger partial charge in [0, 0.05) is 16.0 Å². The molecule has 30 heavy (non-hydrogen) atoms. The Morgan fingerprint density at radius 3 is 2.83 bits per heavy atom. The van der Waals surface area contributed by atoms with Gasteiger partial charge in [-0.05, 0) is 31.2 Å². The van der Waals surface area contributed by atoms with Crippen LogP contribution < -0.4 is 10.1 Å². The van der Waals surface area contributed by atoms with Crippen LogP contribution in [0.25, 0.3) is 21.8 Å². The summed E-state index contributed by atoms with van der Waals surface area (Å²) in [5.41, 5.74) is 3.70. The van der Waals surface area contributed by atoms with Crippen LogP contribution in [0, 0.1) is 6.92 Å². The number of aryl methyl sites for hydroxylation is 1. The average molecular weight is 439 g/mol. The van der Waals surface area contributed by atoms with Gasteiger partial charge in [-0.3, -0.25) is 9.89 Å². The summed E-state index contributed by atoms with van der Waals surface area (Å²) in [5.74, 6) is 0.500. The van der Waals surface area contributed by atoms with E-state index in [1.54, 1.807) is 13.2 Å². The molecule has 0 fully saturated rings. The second-order valence-corrected chi connectivity index (χ2v) is 8.08. The van der Waals surface area contributed by atoms with E-state index in [2.05, 4.69) is 20.5 Å². The number of carbonyl (C=O) groups is 1. The summed E-state index contributed by atoms with van der Waals surface area (Å²) in [6.45, 7) is 2.30. The SMILES string of the molecule is COc1cccc(-c2cc(C(=O)NCc3sc(-c4ccccc4Cl)nc3C)[nH]n2)c1. The summed E-state index contributed by atoms with van der Waals surface area (Å²) < 4.78 is 5.24. The zero-order valence-electron chi connectivity index (χ0n) is 16.4. The monoisotopic (exact) mass is 438 g/mol. The number of methoxy groups -OCH3 is 1. The number of benzene rings is 2. The highest BCUT2D eigenvalue weighted by Gasteiger charge is 2.15. The topological polar surface area (TPSA) is 79.9 Å². The van der Waals surface area contributed by atoms with Crippen LogP contribution in [0.3, 0.4) is 0 Å². The van der Waals surface area contributed by atoms with Crippen LogP contribution in [0.1, 0.15) is 21.1 Å². The Hall–Kier alpha value is -3.16. The van der Waals surface area contributed by atoms with Crippen LogP contribution in [0.2, 0.25) is 5.02 Å². The molecule has 8 heteroatoms. The van der Waals surface area contributed by atoms with Gasteiger partial charge < -0.3 is 10.1 Å². The molecule has 152 valence electrons. The number of hydrogen-bond donors (Lipinski definition) is 2. The highest BCUT2D eigenvalue weighted by Crippen LogP contribution is 2.32. The lowest BCUT2D eigenvalue weighted by Gasteiger charge is -2.02. The van der Waals surface area contributed by atoms with E-state index in [0.29, 0.717) is 23.0 Å². The van der Waals surface area contributed by atoms with Crippen molar-refractivity contribution in [2.45, 2.75) is 13.5 Å². The van der Waals surface area contributed by atoms with Crippen LogP contribution in [-0.4, -0.2) is 28.2 Å².